The van der Waals surface area contributed by atoms with Crippen LogP contribution in [0.5, 0.6) is 0 Å². The Bertz CT molecular complexity index is 913. The molecule has 0 aliphatic heterocycles. The van der Waals surface area contributed by atoms with Crippen molar-refractivity contribution in [2.75, 3.05) is 4.72 Å². The number of halogens is 1. The predicted octanol–water partition coefficient (Wildman–Crippen LogP) is 3.08. The highest BCUT2D eigenvalue weighted by Gasteiger charge is 2.18. The monoisotopic (exact) mass is 319 g/mol. The van der Waals surface area contributed by atoms with Gasteiger partial charge in [0.15, 0.2) is 0 Å². The lowest BCUT2D eigenvalue weighted by Crippen LogP contribution is -2.13. The van der Waals surface area contributed by atoms with E-state index < -0.39 is 10.0 Å². The SMILES string of the molecule is O=S(=O)(Nc1cnc2ccccc2c1)c1cnccc1Cl. The van der Waals surface area contributed by atoms with Gasteiger partial charge in [-0.05, 0) is 18.2 Å². The highest BCUT2D eigenvalue weighted by Crippen LogP contribution is 2.23. The Morgan fingerprint density at radius 1 is 1.10 bits per heavy atom. The van der Waals surface area contributed by atoms with Crippen LogP contribution >= 0.6 is 11.6 Å². The quantitative estimate of drug-likeness (QED) is 0.805. The third-order valence-corrected chi connectivity index (χ3v) is 4.72. The Balaban J connectivity index is 1.99. The van der Waals surface area contributed by atoms with E-state index >= 15 is 0 Å². The lowest BCUT2D eigenvalue weighted by Gasteiger charge is -2.09. The number of fused-ring (bicyclic) bond motifs is 1. The summed E-state index contributed by atoms with van der Waals surface area (Å²) in [6.07, 6.45) is 4.10. The summed E-state index contributed by atoms with van der Waals surface area (Å²) in [5, 5.41) is 0.959. The summed E-state index contributed by atoms with van der Waals surface area (Å²) in [6.45, 7) is 0. The molecule has 2 aromatic heterocycles. The van der Waals surface area contributed by atoms with Crippen LogP contribution < -0.4 is 4.72 Å². The third kappa shape index (κ3) is 2.81. The van der Waals surface area contributed by atoms with Gasteiger partial charge in [0.05, 0.1) is 22.4 Å². The van der Waals surface area contributed by atoms with Crippen LogP contribution in [0.15, 0.2) is 59.9 Å². The Kier molecular flexibility index (Phi) is 3.48. The molecule has 0 saturated heterocycles. The number of aromatic nitrogens is 2. The molecule has 0 unspecified atom stereocenters. The molecule has 5 nitrogen and oxygen atoms in total. The Morgan fingerprint density at radius 2 is 1.90 bits per heavy atom. The number of para-hydroxylation sites is 1. The van der Waals surface area contributed by atoms with Crippen LogP contribution in [-0.4, -0.2) is 18.4 Å². The Labute approximate surface area is 126 Å². The standard InChI is InChI=1S/C14H10ClN3O2S/c15-12-5-6-16-9-14(12)21(19,20)18-11-7-10-3-1-2-4-13(10)17-8-11/h1-9,18H. The minimum atomic E-state index is -3.80. The van der Waals surface area contributed by atoms with E-state index in [0.717, 1.165) is 10.9 Å². The molecule has 0 spiro atoms. The van der Waals surface area contributed by atoms with Crippen LogP contribution in [0.1, 0.15) is 0 Å². The van der Waals surface area contributed by atoms with E-state index in [1.807, 2.05) is 24.3 Å². The van der Waals surface area contributed by atoms with E-state index in [4.69, 9.17) is 11.6 Å². The second-order valence-electron chi connectivity index (χ2n) is 4.33. The number of rotatable bonds is 3. The maximum Gasteiger partial charge on any atom is 0.264 e. The van der Waals surface area contributed by atoms with Crippen molar-refractivity contribution in [3.63, 3.8) is 0 Å². The second-order valence-corrected chi connectivity index (χ2v) is 6.39. The van der Waals surface area contributed by atoms with Gasteiger partial charge >= 0.3 is 0 Å². The average molecular weight is 320 g/mol. The highest BCUT2D eigenvalue weighted by molar-refractivity contribution is 7.92. The van der Waals surface area contributed by atoms with Crippen molar-refractivity contribution < 1.29 is 8.42 Å². The minimum absolute atomic E-state index is 0.0696. The molecule has 3 rings (SSSR count). The van der Waals surface area contributed by atoms with Crippen molar-refractivity contribution in [2.45, 2.75) is 4.90 Å². The topological polar surface area (TPSA) is 72.0 Å². The molecule has 1 N–H and O–H groups in total. The van der Waals surface area contributed by atoms with E-state index in [1.54, 1.807) is 6.07 Å². The first-order valence-electron chi connectivity index (χ1n) is 6.03. The molecule has 0 aliphatic rings. The normalized spacial score (nSPS) is 11.5. The van der Waals surface area contributed by atoms with Crippen molar-refractivity contribution in [1.29, 1.82) is 0 Å². The molecule has 0 aliphatic carbocycles. The van der Waals surface area contributed by atoms with Gasteiger partial charge in [-0.1, -0.05) is 29.8 Å². The van der Waals surface area contributed by atoms with Crippen LogP contribution in [0.25, 0.3) is 10.9 Å². The summed E-state index contributed by atoms with van der Waals surface area (Å²) in [6, 6.07) is 10.6. The zero-order valence-electron chi connectivity index (χ0n) is 10.7. The first kappa shape index (κ1) is 13.8. The van der Waals surface area contributed by atoms with E-state index in [-0.39, 0.29) is 9.92 Å². The molecular weight excluding hydrogens is 310 g/mol. The molecule has 2 heterocycles. The zero-order valence-corrected chi connectivity index (χ0v) is 12.3. The molecule has 106 valence electrons. The molecule has 0 radical (unpaired) electrons. The van der Waals surface area contributed by atoms with Crippen LogP contribution in [-0.2, 0) is 10.0 Å². The van der Waals surface area contributed by atoms with E-state index in [0.29, 0.717) is 5.69 Å². The lowest BCUT2D eigenvalue weighted by molar-refractivity contribution is 0.601. The number of hydrogen-bond donors (Lipinski definition) is 1. The first-order valence-corrected chi connectivity index (χ1v) is 7.89. The maximum absolute atomic E-state index is 12.3. The lowest BCUT2D eigenvalue weighted by atomic mass is 10.2. The smallest absolute Gasteiger partial charge is 0.264 e. The highest BCUT2D eigenvalue weighted by atomic mass is 35.5. The number of anilines is 1. The average Bonchev–Trinajstić information content (AvgIpc) is 2.47. The number of sulfonamides is 1. The van der Waals surface area contributed by atoms with Crippen molar-refractivity contribution in [3.8, 4) is 0 Å². The van der Waals surface area contributed by atoms with E-state index in [9.17, 15) is 8.42 Å². The summed E-state index contributed by atoms with van der Waals surface area (Å²) >= 11 is 5.90. The van der Waals surface area contributed by atoms with Gasteiger partial charge in [-0.25, -0.2) is 8.42 Å². The summed E-state index contributed by atoms with van der Waals surface area (Å²) in [7, 11) is -3.80. The summed E-state index contributed by atoms with van der Waals surface area (Å²) < 4.78 is 27.0. The number of benzene rings is 1. The van der Waals surface area contributed by atoms with Gasteiger partial charge in [0.1, 0.15) is 4.90 Å². The molecule has 0 saturated carbocycles. The van der Waals surface area contributed by atoms with E-state index in [1.165, 1.54) is 24.7 Å². The first-order chi connectivity index (χ1) is 10.1. The predicted molar refractivity (Wildman–Crippen MR) is 81.8 cm³/mol. The molecule has 1 aromatic carbocycles. The van der Waals surface area contributed by atoms with Crippen LogP contribution in [0.4, 0.5) is 5.69 Å². The second kappa shape index (κ2) is 5.31. The number of hydrogen-bond acceptors (Lipinski definition) is 4. The fourth-order valence-corrected chi connectivity index (χ4v) is 3.36. The zero-order chi connectivity index (χ0) is 14.9. The fourth-order valence-electron chi connectivity index (χ4n) is 1.90. The van der Waals surface area contributed by atoms with Gasteiger partial charge in [-0.15, -0.1) is 0 Å². The van der Waals surface area contributed by atoms with Crippen molar-refractivity contribution in [2.24, 2.45) is 0 Å². The van der Waals surface area contributed by atoms with Gasteiger partial charge in [0.2, 0.25) is 0 Å². The summed E-state index contributed by atoms with van der Waals surface area (Å²) in [4.78, 5) is 7.92. The van der Waals surface area contributed by atoms with Crippen LogP contribution in [0, 0.1) is 0 Å². The number of nitrogens with one attached hydrogen (secondary N) is 1. The largest absolute Gasteiger partial charge is 0.278 e. The molecule has 0 amide bonds. The minimum Gasteiger partial charge on any atom is -0.278 e. The van der Waals surface area contributed by atoms with Gasteiger partial charge < -0.3 is 0 Å². The van der Waals surface area contributed by atoms with E-state index in [2.05, 4.69) is 14.7 Å². The van der Waals surface area contributed by atoms with Gasteiger partial charge in [-0.3, -0.25) is 14.7 Å². The molecule has 7 heteroatoms. The van der Waals surface area contributed by atoms with Crippen molar-refractivity contribution >= 4 is 38.2 Å². The van der Waals surface area contributed by atoms with Crippen molar-refractivity contribution in [3.05, 3.63) is 60.0 Å². The molecule has 21 heavy (non-hydrogen) atoms. The number of nitrogens with zero attached hydrogens (tertiary/aromatic N) is 2. The summed E-state index contributed by atoms with van der Waals surface area (Å²) in [5.41, 5.74) is 1.16. The van der Waals surface area contributed by atoms with Crippen LogP contribution in [0.2, 0.25) is 5.02 Å². The summed E-state index contributed by atoms with van der Waals surface area (Å²) in [5.74, 6) is 0. The van der Waals surface area contributed by atoms with Gasteiger partial charge in [-0.2, -0.15) is 0 Å². The number of pyridine rings is 2. The molecule has 0 fully saturated rings. The Hall–Kier alpha value is -2.18. The molecule has 3 aromatic rings. The third-order valence-electron chi connectivity index (χ3n) is 2.87. The Morgan fingerprint density at radius 3 is 2.71 bits per heavy atom. The molecular formula is C14H10ClN3O2S. The van der Waals surface area contributed by atoms with Gasteiger partial charge in [0, 0.05) is 17.8 Å². The maximum atomic E-state index is 12.3. The van der Waals surface area contributed by atoms with Crippen molar-refractivity contribution in [1.82, 2.24) is 9.97 Å². The molecule has 0 atom stereocenters. The van der Waals surface area contributed by atoms with Crippen LogP contribution in [0.3, 0.4) is 0 Å². The van der Waals surface area contributed by atoms with Gasteiger partial charge in [0.25, 0.3) is 10.0 Å². The fraction of sp³-hybridized carbons (Fsp3) is 0. The molecule has 0 bridgehead atoms.